The topological polar surface area (TPSA) is 142 Å². The molecule has 3 rings (SSSR count). The largest absolute Gasteiger partial charge is 0.353 e. The third-order valence-electron chi connectivity index (χ3n) is 4.36. The standard InChI is InChI=1S/C20H20N4O6S/c1-31(29,30)23-14-8-6-13(7-9-14)18(26)22-11-10-21-17(25)12-24-19(27)15-4-2-3-5-16(15)20(24)28/h2-9,23H,10-12H2,1H3,(H,21,25)(H,22,26). The molecule has 11 heteroatoms. The second-order valence-corrected chi connectivity index (χ2v) is 8.55. The lowest BCUT2D eigenvalue weighted by Crippen LogP contribution is -2.42. The van der Waals surface area contributed by atoms with E-state index >= 15 is 0 Å². The lowest BCUT2D eigenvalue weighted by atomic mass is 10.1. The molecule has 0 spiro atoms. The van der Waals surface area contributed by atoms with Gasteiger partial charge >= 0.3 is 0 Å². The number of carbonyl (C=O) groups is 4. The van der Waals surface area contributed by atoms with Gasteiger partial charge in [-0.05, 0) is 36.4 Å². The molecule has 0 atom stereocenters. The first-order chi connectivity index (χ1) is 14.7. The summed E-state index contributed by atoms with van der Waals surface area (Å²) in [5.74, 6) is -1.96. The highest BCUT2D eigenvalue weighted by atomic mass is 32.2. The van der Waals surface area contributed by atoms with Gasteiger partial charge in [-0.1, -0.05) is 12.1 Å². The molecule has 0 unspecified atom stereocenters. The summed E-state index contributed by atoms with van der Waals surface area (Å²) < 4.78 is 24.7. The van der Waals surface area contributed by atoms with Crippen LogP contribution in [0.5, 0.6) is 0 Å². The minimum Gasteiger partial charge on any atom is -0.353 e. The van der Waals surface area contributed by atoms with E-state index in [1.807, 2.05) is 0 Å². The van der Waals surface area contributed by atoms with Gasteiger partial charge in [0.05, 0.1) is 17.4 Å². The maximum absolute atomic E-state index is 12.2. The molecule has 0 saturated carbocycles. The molecule has 1 aliphatic rings. The number of benzene rings is 2. The van der Waals surface area contributed by atoms with Gasteiger partial charge in [0.2, 0.25) is 15.9 Å². The maximum Gasteiger partial charge on any atom is 0.262 e. The fourth-order valence-corrected chi connectivity index (χ4v) is 3.53. The number of imide groups is 1. The van der Waals surface area contributed by atoms with Gasteiger partial charge in [0.15, 0.2) is 0 Å². The Hall–Kier alpha value is -3.73. The van der Waals surface area contributed by atoms with Crippen molar-refractivity contribution in [2.45, 2.75) is 0 Å². The van der Waals surface area contributed by atoms with E-state index in [-0.39, 0.29) is 24.2 Å². The van der Waals surface area contributed by atoms with Crippen molar-refractivity contribution in [2.24, 2.45) is 0 Å². The fraction of sp³-hybridized carbons (Fsp3) is 0.200. The Labute approximate surface area is 178 Å². The van der Waals surface area contributed by atoms with Crippen molar-refractivity contribution in [1.82, 2.24) is 15.5 Å². The van der Waals surface area contributed by atoms with E-state index in [0.717, 1.165) is 11.2 Å². The highest BCUT2D eigenvalue weighted by molar-refractivity contribution is 7.92. The first kappa shape index (κ1) is 22.0. The lowest BCUT2D eigenvalue weighted by Gasteiger charge is -2.14. The van der Waals surface area contributed by atoms with Gasteiger partial charge < -0.3 is 10.6 Å². The molecule has 4 amide bonds. The Balaban J connectivity index is 1.43. The van der Waals surface area contributed by atoms with Crippen molar-refractivity contribution in [2.75, 3.05) is 30.6 Å². The van der Waals surface area contributed by atoms with E-state index in [0.29, 0.717) is 11.3 Å². The number of hydrogen-bond acceptors (Lipinski definition) is 6. The first-order valence-corrected chi connectivity index (χ1v) is 11.1. The van der Waals surface area contributed by atoms with Crippen molar-refractivity contribution in [3.63, 3.8) is 0 Å². The zero-order chi connectivity index (χ0) is 22.6. The summed E-state index contributed by atoms with van der Waals surface area (Å²) in [6.07, 6.45) is 1.02. The second-order valence-electron chi connectivity index (χ2n) is 6.80. The smallest absolute Gasteiger partial charge is 0.262 e. The van der Waals surface area contributed by atoms with E-state index in [1.165, 1.54) is 36.4 Å². The van der Waals surface area contributed by atoms with Crippen molar-refractivity contribution >= 4 is 39.3 Å². The fourth-order valence-electron chi connectivity index (χ4n) is 2.97. The molecule has 0 bridgehead atoms. The maximum atomic E-state index is 12.2. The highest BCUT2D eigenvalue weighted by Crippen LogP contribution is 2.21. The third kappa shape index (κ3) is 5.45. The molecule has 1 aliphatic heterocycles. The van der Waals surface area contributed by atoms with Crippen molar-refractivity contribution in [1.29, 1.82) is 0 Å². The van der Waals surface area contributed by atoms with Crippen LogP contribution < -0.4 is 15.4 Å². The van der Waals surface area contributed by atoms with Crippen LogP contribution in [0.25, 0.3) is 0 Å². The number of fused-ring (bicyclic) bond motifs is 1. The predicted molar refractivity (Wildman–Crippen MR) is 112 cm³/mol. The van der Waals surface area contributed by atoms with Crippen LogP contribution in [0.4, 0.5) is 5.69 Å². The Bertz CT molecular complexity index is 1110. The minimum atomic E-state index is -3.40. The van der Waals surface area contributed by atoms with E-state index < -0.39 is 40.2 Å². The van der Waals surface area contributed by atoms with Gasteiger partial charge in [-0.25, -0.2) is 8.42 Å². The SMILES string of the molecule is CS(=O)(=O)Nc1ccc(C(=O)NCCNC(=O)CN2C(=O)c3ccccc3C2=O)cc1. The highest BCUT2D eigenvalue weighted by Gasteiger charge is 2.36. The number of nitrogens with zero attached hydrogens (tertiary/aromatic N) is 1. The van der Waals surface area contributed by atoms with Crippen LogP contribution in [0, 0.1) is 0 Å². The van der Waals surface area contributed by atoms with Gasteiger partial charge in [-0.3, -0.25) is 28.8 Å². The van der Waals surface area contributed by atoms with Gasteiger partial charge in [0.1, 0.15) is 6.54 Å². The molecular formula is C20H20N4O6S. The molecule has 10 nitrogen and oxygen atoms in total. The van der Waals surface area contributed by atoms with Crippen LogP contribution in [0.1, 0.15) is 31.1 Å². The molecule has 2 aromatic rings. The first-order valence-electron chi connectivity index (χ1n) is 9.24. The molecule has 162 valence electrons. The molecule has 2 aromatic carbocycles. The van der Waals surface area contributed by atoms with E-state index in [1.54, 1.807) is 12.1 Å². The number of nitrogens with one attached hydrogen (secondary N) is 3. The van der Waals surface area contributed by atoms with Crippen LogP contribution in [-0.4, -0.2) is 62.8 Å². The summed E-state index contributed by atoms with van der Waals surface area (Å²) in [5.41, 5.74) is 1.19. The van der Waals surface area contributed by atoms with Crippen LogP contribution in [0.15, 0.2) is 48.5 Å². The summed E-state index contributed by atoms with van der Waals surface area (Å²) in [6, 6.07) is 12.2. The third-order valence-corrected chi connectivity index (χ3v) is 4.97. The molecule has 0 saturated heterocycles. The molecule has 0 aliphatic carbocycles. The molecule has 0 aromatic heterocycles. The number of hydrogen-bond donors (Lipinski definition) is 3. The average molecular weight is 444 g/mol. The van der Waals surface area contributed by atoms with Crippen LogP contribution >= 0.6 is 0 Å². The number of anilines is 1. The quantitative estimate of drug-likeness (QED) is 0.392. The van der Waals surface area contributed by atoms with Crippen molar-refractivity contribution in [3.8, 4) is 0 Å². The van der Waals surface area contributed by atoms with Crippen molar-refractivity contribution < 1.29 is 27.6 Å². The average Bonchev–Trinajstić information content (AvgIpc) is 2.95. The minimum absolute atomic E-state index is 0.0987. The van der Waals surface area contributed by atoms with E-state index in [4.69, 9.17) is 0 Å². The van der Waals surface area contributed by atoms with Gasteiger partial charge in [0, 0.05) is 24.3 Å². The van der Waals surface area contributed by atoms with Gasteiger partial charge in [-0.15, -0.1) is 0 Å². The summed E-state index contributed by atoms with van der Waals surface area (Å²) in [4.78, 5) is 49.6. The number of amides is 4. The number of carbonyl (C=O) groups excluding carboxylic acids is 4. The molecular weight excluding hydrogens is 424 g/mol. The summed E-state index contributed by atoms with van der Waals surface area (Å²) in [5, 5.41) is 5.15. The Morgan fingerprint density at radius 1 is 0.871 bits per heavy atom. The Kier molecular flexibility index (Phi) is 6.35. The monoisotopic (exact) mass is 444 g/mol. The summed E-state index contributed by atoms with van der Waals surface area (Å²) >= 11 is 0. The Morgan fingerprint density at radius 2 is 1.42 bits per heavy atom. The zero-order valence-corrected chi connectivity index (χ0v) is 17.4. The normalized spacial score (nSPS) is 13.0. The summed E-state index contributed by atoms with van der Waals surface area (Å²) in [6.45, 7) is -0.188. The van der Waals surface area contributed by atoms with Crippen molar-refractivity contribution in [3.05, 3.63) is 65.2 Å². The van der Waals surface area contributed by atoms with Crippen LogP contribution in [0.2, 0.25) is 0 Å². The second kappa shape index (κ2) is 8.96. The number of sulfonamides is 1. The Morgan fingerprint density at radius 3 is 1.97 bits per heavy atom. The van der Waals surface area contributed by atoms with E-state index in [2.05, 4.69) is 15.4 Å². The van der Waals surface area contributed by atoms with E-state index in [9.17, 15) is 27.6 Å². The molecule has 31 heavy (non-hydrogen) atoms. The zero-order valence-electron chi connectivity index (χ0n) is 16.5. The van der Waals surface area contributed by atoms with Gasteiger partial charge in [-0.2, -0.15) is 0 Å². The molecule has 1 heterocycles. The van der Waals surface area contributed by atoms with Crippen LogP contribution in [0.3, 0.4) is 0 Å². The summed E-state index contributed by atoms with van der Waals surface area (Å²) in [7, 11) is -3.40. The molecule has 0 fully saturated rings. The van der Waals surface area contributed by atoms with Crippen LogP contribution in [-0.2, 0) is 14.8 Å². The number of rotatable bonds is 8. The predicted octanol–water partition coefficient (Wildman–Crippen LogP) is 0.200. The molecule has 0 radical (unpaired) electrons. The van der Waals surface area contributed by atoms with Gasteiger partial charge in [0.25, 0.3) is 17.7 Å². The lowest BCUT2D eigenvalue weighted by molar-refractivity contribution is -0.121. The molecule has 3 N–H and O–H groups in total.